The van der Waals surface area contributed by atoms with Crippen LogP contribution in [0, 0.1) is 11.3 Å². The summed E-state index contributed by atoms with van der Waals surface area (Å²) in [5, 5.41) is 15.2. The van der Waals surface area contributed by atoms with Crippen molar-refractivity contribution in [1.82, 2.24) is 0 Å². The van der Waals surface area contributed by atoms with E-state index in [2.05, 4.69) is 26.4 Å². The van der Waals surface area contributed by atoms with Crippen molar-refractivity contribution in [3.63, 3.8) is 0 Å². The number of amidine groups is 1. The van der Waals surface area contributed by atoms with Gasteiger partial charge in [-0.1, -0.05) is 23.7 Å². The number of hydrogen-bond acceptors (Lipinski definition) is 3. The number of rotatable bonds is 3. The number of carbonyl (C=O) groups excluding carboxylic acids is 1. The van der Waals surface area contributed by atoms with Gasteiger partial charge in [-0.2, -0.15) is 0 Å². The van der Waals surface area contributed by atoms with E-state index in [1.54, 1.807) is 18.2 Å². The Morgan fingerprint density at radius 3 is 2.75 bits per heavy atom. The molecular weight excluding hydrogens is 346 g/mol. The molecule has 0 heterocycles. The Labute approximate surface area is 130 Å². The van der Waals surface area contributed by atoms with Crippen LogP contribution in [0.3, 0.4) is 0 Å². The third-order valence-corrected chi connectivity index (χ3v) is 4.82. The van der Waals surface area contributed by atoms with Crippen LogP contribution in [-0.4, -0.2) is 17.0 Å². The molecule has 7 heteroatoms. The molecule has 108 valence electrons. The molecule has 1 saturated carbocycles. The van der Waals surface area contributed by atoms with Gasteiger partial charge in [-0.15, -0.1) is 0 Å². The molecule has 1 aliphatic rings. The Bertz CT molecular complexity index is 571. The number of nitrogens with zero attached hydrogens (tertiary/aromatic N) is 1. The van der Waals surface area contributed by atoms with Gasteiger partial charge in [0.15, 0.2) is 5.84 Å². The van der Waals surface area contributed by atoms with Gasteiger partial charge in [0.1, 0.15) is 5.41 Å². The van der Waals surface area contributed by atoms with Crippen LogP contribution in [-0.2, 0) is 4.79 Å². The van der Waals surface area contributed by atoms with Crippen molar-refractivity contribution in [3.05, 3.63) is 27.7 Å². The minimum absolute atomic E-state index is 0.0406. The normalized spacial score (nSPS) is 25.9. The largest absolute Gasteiger partial charge is 0.409 e. The molecule has 0 unspecified atom stereocenters. The van der Waals surface area contributed by atoms with E-state index in [4.69, 9.17) is 22.5 Å². The fraction of sp³-hybridized carbons (Fsp3) is 0.385. The number of nitrogens with two attached hydrogens (primary N) is 1. The molecule has 1 fully saturated rings. The average molecular weight is 361 g/mol. The summed E-state index contributed by atoms with van der Waals surface area (Å²) in [6, 6.07) is 5.09. The lowest BCUT2D eigenvalue weighted by Crippen LogP contribution is -2.54. The molecule has 0 aromatic heterocycles. The Morgan fingerprint density at radius 2 is 2.25 bits per heavy atom. The maximum atomic E-state index is 12.4. The number of hydrogen-bond donors (Lipinski definition) is 3. The molecular formula is C13H15BrClN3O2. The first-order valence-electron chi connectivity index (χ1n) is 6.13. The first-order chi connectivity index (χ1) is 9.39. The second-order valence-electron chi connectivity index (χ2n) is 5.16. The summed E-state index contributed by atoms with van der Waals surface area (Å²) in [5.74, 6) is 0.0688. The quantitative estimate of drug-likeness (QED) is 0.335. The van der Waals surface area contributed by atoms with Gasteiger partial charge in [-0.3, -0.25) is 4.79 Å². The van der Waals surface area contributed by atoms with Gasteiger partial charge in [0.25, 0.3) is 0 Å². The minimum Gasteiger partial charge on any atom is -0.409 e. The Kier molecular flexibility index (Phi) is 4.25. The lowest BCUT2D eigenvalue weighted by Gasteiger charge is -2.43. The van der Waals surface area contributed by atoms with Crippen molar-refractivity contribution < 1.29 is 10.0 Å². The molecule has 0 aliphatic heterocycles. The maximum Gasteiger partial charge on any atom is 0.238 e. The van der Waals surface area contributed by atoms with Crippen LogP contribution < -0.4 is 11.1 Å². The topological polar surface area (TPSA) is 87.7 Å². The molecule has 0 atom stereocenters. The molecule has 1 amide bonds. The summed E-state index contributed by atoms with van der Waals surface area (Å²) in [7, 11) is 0. The van der Waals surface area contributed by atoms with Crippen LogP contribution in [0.2, 0.25) is 5.02 Å². The highest BCUT2D eigenvalue weighted by atomic mass is 79.9. The molecule has 4 N–H and O–H groups in total. The Morgan fingerprint density at radius 1 is 1.60 bits per heavy atom. The van der Waals surface area contributed by atoms with E-state index in [-0.39, 0.29) is 11.7 Å². The number of anilines is 1. The zero-order chi connectivity index (χ0) is 14.9. The van der Waals surface area contributed by atoms with Crippen LogP contribution in [0.15, 0.2) is 27.8 Å². The maximum absolute atomic E-state index is 12.4. The average Bonchev–Trinajstić information content (AvgIpc) is 2.38. The van der Waals surface area contributed by atoms with Crippen molar-refractivity contribution in [1.29, 1.82) is 0 Å². The van der Waals surface area contributed by atoms with Gasteiger partial charge in [-0.05, 0) is 52.9 Å². The van der Waals surface area contributed by atoms with Gasteiger partial charge >= 0.3 is 0 Å². The number of nitrogens with one attached hydrogen (secondary N) is 1. The Balaban J connectivity index is 2.20. The number of amides is 1. The lowest BCUT2D eigenvalue weighted by atomic mass is 9.61. The van der Waals surface area contributed by atoms with Gasteiger partial charge in [0, 0.05) is 10.2 Å². The van der Waals surface area contributed by atoms with Crippen LogP contribution in [0.5, 0.6) is 0 Å². The molecule has 0 saturated heterocycles. The summed E-state index contributed by atoms with van der Waals surface area (Å²) in [6.07, 6.45) is 1.15. The molecule has 1 aromatic carbocycles. The van der Waals surface area contributed by atoms with E-state index in [9.17, 15) is 4.79 Å². The Hall–Kier alpha value is -1.27. The van der Waals surface area contributed by atoms with E-state index >= 15 is 0 Å². The first kappa shape index (κ1) is 15.1. The number of halogens is 2. The van der Waals surface area contributed by atoms with E-state index in [0.29, 0.717) is 33.9 Å². The van der Waals surface area contributed by atoms with Crippen molar-refractivity contribution in [3.8, 4) is 0 Å². The molecule has 1 aliphatic carbocycles. The van der Waals surface area contributed by atoms with E-state index in [0.717, 1.165) is 0 Å². The highest BCUT2D eigenvalue weighted by Crippen LogP contribution is 2.46. The second kappa shape index (κ2) is 5.61. The predicted octanol–water partition coefficient (Wildman–Crippen LogP) is 3.20. The van der Waals surface area contributed by atoms with Crippen LogP contribution in [0.25, 0.3) is 0 Å². The zero-order valence-electron chi connectivity index (χ0n) is 10.9. The van der Waals surface area contributed by atoms with Gasteiger partial charge in [0.05, 0.1) is 5.02 Å². The SMILES string of the molecule is CC1CC(C(=O)Nc2ccc(Cl)c(Br)c2)(/C(N)=N/O)C1. The highest BCUT2D eigenvalue weighted by molar-refractivity contribution is 9.10. The number of oxime groups is 1. The minimum atomic E-state index is -0.916. The summed E-state index contributed by atoms with van der Waals surface area (Å²) in [5.41, 5.74) is 5.38. The molecule has 2 rings (SSSR count). The number of benzene rings is 1. The van der Waals surface area contributed by atoms with Crippen LogP contribution in [0.4, 0.5) is 5.69 Å². The van der Waals surface area contributed by atoms with E-state index < -0.39 is 5.41 Å². The van der Waals surface area contributed by atoms with Crippen LogP contribution >= 0.6 is 27.5 Å². The third kappa shape index (κ3) is 2.62. The van der Waals surface area contributed by atoms with Gasteiger partial charge < -0.3 is 16.3 Å². The summed E-state index contributed by atoms with van der Waals surface area (Å²) in [4.78, 5) is 12.4. The summed E-state index contributed by atoms with van der Waals surface area (Å²) < 4.78 is 0.691. The smallest absolute Gasteiger partial charge is 0.238 e. The zero-order valence-corrected chi connectivity index (χ0v) is 13.2. The molecule has 0 radical (unpaired) electrons. The van der Waals surface area contributed by atoms with Gasteiger partial charge in [0.2, 0.25) is 5.91 Å². The van der Waals surface area contributed by atoms with E-state index in [1.807, 2.05) is 6.92 Å². The fourth-order valence-electron chi connectivity index (χ4n) is 2.56. The predicted molar refractivity (Wildman–Crippen MR) is 82.0 cm³/mol. The first-order valence-corrected chi connectivity index (χ1v) is 7.30. The molecule has 20 heavy (non-hydrogen) atoms. The van der Waals surface area contributed by atoms with Crippen molar-refractivity contribution in [2.24, 2.45) is 22.2 Å². The molecule has 0 spiro atoms. The lowest BCUT2D eigenvalue weighted by molar-refractivity contribution is -0.127. The molecule has 5 nitrogen and oxygen atoms in total. The fourth-order valence-corrected chi connectivity index (χ4v) is 3.06. The molecule has 0 bridgehead atoms. The number of carbonyl (C=O) groups is 1. The molecule has 1 aromatic rings. The summed E-state index contributed by atoms with van der Waals surface area (Å²) >= 11 is 9.20. The van der Waals surface area contributed by atoms with Crippen molar-refractivity contribution in [2.75, 3.05) is 5.32 Å². The van der Waals surface area contributed by atoms with Crippen molar-refractivity contribution in [2.45, 2.75) is 19.8 Å². The standard InChI is InChI=1S/C13H15BrClN3O2/c1-7-5-13(6-7,11(16)18-20)12(19)17-8-2-3-10(15)9(14)4-8/h2-4,7,20H,5-6H2,1H3,(H2,16,18)(H,17,19). The third-order valence-electron chi connectivity index (χ3n) is 3.60. The highest BCUT2D eigenvalue weighted by Gasteiger charge is 2.52. The summed E-state index contributed by atoms with van der Waals surface area (Å²) in [6.45, 7) is 2.02. The van der Waals surface area contributed by atoms with Crippen LogP contribution in [0.1, 0.15) is 19.8 Å². The van der Waals surface area contributed by atoms with Crippen molar-refractivity contribution >= 4 is 45.0 Å². The van der Waals surface area contributed by atoms with E-state index in [1.165, 1.54) is 0 Å². The second-order valence-corrected chi connectivity index (χ2v) is 6.43. The monoisotopic (exact) mass is 359 g/mol. The van der Waals surface area contributed by atoms with Gasteiger partial charge in [-0.25, -0.2) is 0 Å².